The van der Waals surface area contributed by atoms with Gasteiger partial charge in [-0.2, -0.15) is 0 Å². The fourth-order valence-electron chi connectivity index (χ4n) is 8.46. The maximum atomic E-state index is 13.0. The van der Waals surface area contributed by atoms with Crippen LogP contribution in [0.25, 0.3) is 0 Å². The summed E-state index contributed by atoms with van der Waals surface area (Å²) in [5.41, 5.74) is 0. The van der Waals surface area contributed by atoms with Gasteiger partial charge in [0, 0.05) is 12.8 Å². The van der Waals surface area contributed by atoms with Gasteiger partial charge < -0.3 is 64.2 Å². The molecule has 0 amide bonds. The van der Waals surface area contributed by atoms with Gasteiger partial charge in [-0.25, -0.2) is 0 Å². The van der Waals surface area contributed by atoms with Crippen molar-refractivity contribution >= 4 is 11.9 Å². The molecule has 2 aliphatic rings. The highest BCUT2D eigenvalue weighted by atomic mass is 16.7. The first-order chi connectivity index (χ1) is 33.0. The average molecular weight is 973 g/mol. The van der Waals surface area contributed by atoms with E-state index in [2.05, 4.69) is 32.1 Å². The number of carbonyl (C=O) groups is 2. The fourth-order valence-corrected chi connectivity index (χ4v) is 8.46. The van der Waals surface area contributed by atoms with Crippen LogP contribution in [0, 0.1) is 0 Å². The Labute approximate surface area is 409 Å². The zero-order valence-corrected chi connectivity index (χ0v) is 42.1. The van der Waals surface area contributed by atoms with Gasteiger partial charge in [0.1, 0.15) is 55.4 Å². The molecule has 2 fully saturated rings. The summed E-state index contributed by atoms with van der Waals surface area (Å²) in [5.74, 6) is -0.977. The number of allylic oxidation sites excluding steroid dienone is 4. The summed E-state index contributed by atoms with van der Waals surface area (Å²) in [5, 5.41) is 72.1. The molecule has 2 heterocycles. The Kier molecular flexibility index (Phi) is 37.0. The van der Waals surface area contributed by atoms with E-state index in [1.165, 1.54) is 128 Å². The molecule has 4 unspecified atom stereocenters. The van der Waals surface area contributed by atoms with Gasteiger partial charge in [0.25, 0.3) is 0 Å². The van der Waals surface area contributed by atoms with Crippen LogP contribution in [0.4, 0.5) is 0 Å². The van der Waals surface area contributed by atoms with E-state index in [9.17, 15) is 45.3 Å². The third-order valence-electron chi connectivity index (χ3n) is 12.9. The van der Waals surface area contributed by atoms with E-state index in [1.807, 2.05) is 6.08 Å². The number of aliphatic hydroxyl groups excluding tert-OH is 7. The summed E-state index contributed by atoms with van der Waals surface area (Å²) in [6.45, 7) is 2.56. The fraction of sp³-hybridized carbons (Fsp3) is 0.887. The van der Waals surface area contributed by atoms with Crippen molar-refractivity contribution in [1.29, 1.82) is 0 Å². The van der Waals surface area contributed by atoms with Gasteiger partial charge >= 0.3 is 11.9 Å². The van der Waals surface area contributed by atoms with Crippen LogP contribution in [-0.2, 0) is 38.0 Å². The van der Waals surface area contributed by atoms with Crippen LogP contribution in [0.1, 0.15) is 206 Å². The predicted molar refractivity (Wildman–Crippen MR) is 261 cm³/mol. The molecule has 0 bridgehead atoms. The molecule has 0 aromatic heterocycles. The SMILES string of the molecule is CCCCCC/C=C/CCCCCCCCCCCC(=O)O[C@H](COC(=O)CC/C=C/CCCCCCCCCCCCC)CO[C@H]1O[C@@H](CO[C@H]2O[C@@H](CO)[C@@H](O)C(O)C2O)[C@@H](O)C(O)C1O. The van der Waals surface area contributed by atoms with E-state index in [1.54, 1.807) is 0 Å². The molecule has 0 radical (unpaired) electrons. The summed E-state index contributed by atoms with van der Waals surface area (Å²) in [4.78, 5) is 25.8. The second kappa shape index (κ2) is 40.6. The molecular formula is C53H96O15. The van der Waals surface area contributed by atoms with Crippen molar-refractivity contribution in [2.75, 3.05) is 26.4 Å². The van der Waals surface area contributed by atoms with Gasteiger partial charge in [0.05, 0.1) is 19.8 Å². The van der Waals surface area contributed by atoms with Gasteiger partial charge in [-0.05, 0) is 51.4 Å². The molecule has 2 rings (SSSR count). The molecular weight excluding hydrogens is 877 g/mol. The number of hydrogen-bond acceptors (Lipinski definition) is 15. The molecule has 11 atom stereocenters. The molecule has 0 aromatic carbocycles. The first-order valence-corrected chi connectivity index (χ1v) is 26.9. The summed E-state index contributed by atoms with van der Waals surface area (Å²) >= 11 is 0. The lowest BCUT2D eigenvalue weighted by Gasteiger charge is -2.42. The van der Waals surface area contributed by atoms with Crippen molar-refractivity contribution in [3.63, 3.8) is 0 Å². The Morgan fingerprint density at radius 1 is 0.456 bits per heavy atom. The zero-order valence-electron chi connectivity index (χ0n) is 42.1. The Morgan fingerprint density at radius 2 is 0.868 bits per heavy atom. The van der Waals surface area contributed by atoms with Crippen molar-refractivity contribution in [1.82, 2.24) is 0 Å². The first-order valence-electron chi connectivity index (χ1n) is 26.9. The van der Waals surface area contributed by atoms with Crippen LogP contribution >= 0.6 is 0 Å². The highest BCUT2D eigenvalue weighted by Crippen LogP contribution is 2.26. The topological polar surface area (TPSA) is 231 Å². The summed E-state index contributed by atoms with van der Waals surface area (Å²) < 4.78 is 33.6. The number of carbonyl (C=O) groups excluding carboxylic acids is 2. The van der Waals surface area contributed by atoms with Crippen LogP contribution in [0.3, 0.4) is 0 Å². The third-order valence-corrected chi connectivity index (χ3v) is 12.9. The second-order valence-electron chi connectivity index (χ2n) is 19.0. The van der Waals surface area contributed by atoms with Gasteiger partial charge in [-0.3, -0.25) is 9.59 Å². The van der Waals surface area contributed by atoms with E-state index in [-0.39, 0.29) is 19.4 Å². The molecule has 68 heavy (non-hydrogen) atoms. The predicted octanol–water partition coefficient (Wildman–Crippen LogP) is 7.94. The molecule has 7 N–H and O–H groups in total. The van der Waals surface area contributed by atoms with Crippen molar-refractivity contribution in [2.45, 2.75) is 274 Å². The number of esters is 2. The minimum atomic E-state index is -1.77. The van der Waals surface area contributed by atoms with Gasteiger partial charge in [-0.1, -0.05) is 167 Å². The number of ether oxygens (including phenoxy) is 6. The molecule has 0 aromatic rings. The lowest BCUT2D eigenvalue weighted by Crippen LogP contribution is -2.61. The lowest BCUT2D eigenvalue weighted by atomic mass is 9.98. The summed E-state index contributed by atoms with van der Waals surface area (Å²) in [6, 6.07) is 0. The third kappa shape index (κ3) is 28.1. The molecule has 398 valence electrons. The van der Waals surface area contributed by atoms with Gasteiger partial charge in [0.2, 0.25) is 0 Å². The molecule has 0 saturated carbocycles. The van der Waals surface area contributed by atoms with Crippen molar-refractivity contribution < 1.29 is 73.8 Å². The molecule has 15 nitrogen and oxygen atoms in total. The van der Waals surface area contributed by atoms with Gasteiger partial charge in [-0.15, -0.1) is 0 Å². The maximum absolute atomic E-state index is 13.0. The standard InChI is InChI=1S/C53H96O15/c1-3-5-7-9-11-13-15-17-19-20-22-24-26-28-30-32-34-36-45(56)66-41(38-63-44(55)35-33-31-29-27-25-23-21-18-16-14-12-10-8-6-4-2)39-64-52-51(62)49(60)47(58)43(68-52)40-65-53-50(61)48(59)46(57)42(37-54)67-53/h13,15,29,31,41-43,46-54,57-62H,3-12,14,16-28,30,32-40H2,1-2H3/b15-13+,31-29+/t41-,42+,43+,46-,47-,48?,49?,50?,51?,52+,53+/m1/s1. The van der Waals surface area contributed by atoms with Crippen molar-refractivity contribution in [2.24, 2.45) is 0 Å². The summed E-state index contributed by atoms with van der Waals surface area (Å²) in [6.07, 6.45) is 25.0. The minimum absolute atomic E-state index is 0.136. The second-order valence-corrected chi connectivity index (χ2v) is 19.0. The van der Waals surface area contributed by atoms with Crippen molar-refractivity contribution in [3.8, 4) is 0 Å². The van der Waals surface area contributed by atoms with Gasteiger partial charge in [0.15, 0.2) is 18.7 Å². The van der Waals surface area contributed by atoms with E-state index in [0.29, 0.717) is 12.8 Å². The van der Waals surface area contributed by atoms with E-state index in [4.69, 9.17) is 28.4 Å². The van der Waals surface area contributed by atoms with Crippen LogP contribution in [0.5, 0.6) is 0 Å². The zero-order chi connectivity index (χ0) is 49.6. The monoisotopic (exact) mass is 973 g/mol. The van der Waals surface area contributed by atoms with Crippen LogP contribution in [0.15, 0.2) is 24.3 Å². The molecule has 15 heteroatoms. The Bertz CT molecular complexity index is 1280. The number of hydrogen-bond donors (Lipinski definition) is 7. The summed E-state index contributed by atoms with van der Waals surface area (Å²) in [7, 11) is 0. The van der Waals surface area contributed by atoms with E-state index < -0.39 is 99.3 Å². The average Bonchev–Trinajstić information content (AvgIpc) is 3.33. The first kappa shape index (κ1) is 62.1. The Hall–Kier alpha value is -2.02. The van der Waals surface area contributed by atoms with Crippen LogP contribution in [-0.4, -0.2) is 142 Å². The quantitative estimate of drug-likeness (QED) is 0.0175. The maximum Gasteiger partial charge on any atom is 0.306 e. The Balaban J connectivity index is 1.80. The highest BCUT2D eigenvalue weighted by Gasteiger charge is 2.47. The lowest BCUT2D eigenvalue weighted by molar-refractivity contribution is -0.332. The smallest absolute Gasteiger partial charge is 0.306 e. The van der Waals surface area contributed by atoms with E-state index in [0.717, 1.165) is 38.5 Å². The molecule has 0 aliphatic carbocycles. The number of rotatable bonds is 42. The molecule has 0 spiro atoms. The normalized spacial score (nSPS) is 25.9. The number of aliphatic hydroxyl groups is 7. The molecule has 2 saturated heterocycles. The van der Waals surface area contributed by atoms with Crippen LogP contribution in [0.2, 0.25) is 0 Å². The largest absolute Gasteiger partial charge is 0.462 e. The van der Waals surface area contributed by atoms with E-state index >= 15 is 0 Å². The highest BCUT2D eigenvalue weighted by molar-refractivity contribution is 5.70. The Morgan fingerprint density at radius 3 is 1.37 bits per heavy atom. The molecule has 2 aliphatic heterocycles. The minimum Gasteiger partial charge on any atom is -0.462 e. The van der Waals surface area contributed by atoms with Crippen molar-refractivity contribution in [3.05, 3.63) is 24.3 Å². The number of unbranched alkanes of at least 4 members (excludes halogenated alkanes) is 24. The van der Waals surface area contributed by atoms with Crippen LogP contribution < -0.4 is 0 Å².